The second-order valence-electron chi connectivity index (χ2n) is 5.43. The van der Waals surface area contributed by atoms with Crippen molar-refractivity contribution in [1.82, 2.24) is 0 Å². The molecule has 0 aromatic rings. The zero-order valence-corrected chi connectivity index (χ0v) is 11.8. The van der Waals surface area contributed by atoms with Crippen LogP contribution >= 0.6 is 0 Å². The fourth-order valence-electron chi connectivity index (χ4n) is 2.27. The first-order valence-corrected chi connectivity index (χ1v) is 7.61. The van der Waals surface area contributed by atoms with Crippen LogP contribution in [0.5, 0.6) is 0 Å². The summed E-state index contributed by atoms with van der Waals surface area (Å²) in [4.78, 5) is 11.4. The van der Waals surface area contributed by atoms with E-state index in [1.54, 1.807) is 0 Å². The smallest absolute Gasteiger partial charge is 0.305 e. The summed E-state index contributed by atoms with van der Waals surface area (Å²) in [6, 6.07) is 0. The Morgan fingerprint density at radius 1 is 1.06 bits per heavy atom. The number of ether oxygens (including phenoxy) is 1. The number of rotatable bonds is 0. The van der Waals surface area contributed by atoms with Crippen molar-refractivity contribution in [3.63, 3.8) is 0 Å². The van der Waals surface area contributed by atoms with E-state index in [2.05, 4.69) is 19.1 Å². The van der Waals surface area contributed by atoms with Crippen molar-refractivity contribution in [2.24, 2.45) is 5.92 Å². The highest BCUT2D eigenvalue weighted by atomic mass is 16.5. The van der Waals surface area contributed by atoms with Crippen LogP contribution < -0.4 is 0 Å². The third-order valence-corrected chi connectivity index (χ3v) is 3.55. The van der Waals surface area contributed by atoms with Gasteiger partial charge in [-0.05, 0) is 31.6 Å². The molecule has 0 fully saturated rings. The van der Waals surface area contributed by atoms with Crippen molar-refractivity contribution in [3.8, 4) is 0 Å². The van der Waals surface area contributed by atoms with E-state index in [1.807, 2.05) is 0 Å². The van der Waals surface area contributed by atoms with Crippen LogP contribution in [0.25, 0.3) is 0 Å². The number of hydrogen-bond donors (Lipinski definition) is 0. The second kappa shape index (κ2) is 10.2. The molecule has 104 valence electrons. The lowest BCUT2D eigenvalue weighted by Gasteiger charge is -2.08. The topological polar surface area (TPSA) is 26.3 Å². The van der Waals surface area contributed by atoms with Crippen molar-refractivity contribution in [2.75, 3.05) is 6.61 Å². The first kappa shape index (κ1) is 15.3. The first-order chi connectivity index (χ1) is 8.79. The Kier molecular flexibility index (Phi) is 8.62. The fraction of sp³-hybridized carbons (Fsp3) is 0.812. The van der Waals surface area contributed by atoms with Gasteiger partial charge in [-0.15, -0.1) is 0 Å². The third-order valence-electron chi connectivity index (χ3n) is 3.55. The van der Waals surface area contributed by atoms with Crippen LogP contribution in [-0.2, 0) is 9.53 Å². The Labute approximate surface area is 112 Å². The Bertz CT molecular complexity index is 245. The van der Waals surface area contributed by atoms with E-state index in [0.717, 1.165) is 12.8 Å². The van der Waals surface area contributed by atoms with Crippen molar-refractivity contribution >= 4 is 5.97 Å². The molecule has 1 aliphatic heterocycles. The highest BCUT2D eigenvalue weighted by Crippen LogP contribution is 2.12. The summed E-state index contributed by atoms with van der Waals surface area (Å²) in [7, 11) is 0. The minimum absolute atomic E-state index is 0.0155. The number of hydrogen-bond acceptors (Lipinski definition) is 2. The van der Waals surface area contributed by atoms with Crippen LogP contribution in [0.3, 0.4) is 0 Å². The van der Waals surface area contributed by atoms with Crippen LogP contribution in [0.2, 0.25) is 0 Å². The summed E-state index contributed by atoms with van der Waals surface area (Å²) < 4.78 is 5.24. The molecule has 1 aliphatic rings. The van der Waals surface area contributed by atoms with Gasteiger partial charge in [0.2, 0.25) is 0 Å². The molecule has 0 saturated carbocycles. The van der Waals surface area contributed by atoms with Gasteiger partial charge >= 0.3 is 5.97 Å². The Balaban J connectivity index is 2.28. The molecule has 0 spiro atoms. The first-order valence-electron chi connectivity index (χ1n) is 7.61. The molecule has 0 radical (unpaired) electrons. The van der Waals surface area contributed by atoms with Gasteiger partial charge in [0.1, 0.15) is 0 Å². The highest BCUT2D eigenvalue weighted by molar-refractivity contribution is 5.69. The second-order valence-corrected chi connectivity index (χ2v) is 5.43. The fourth-order valence-corrected chi connectivity index (χ4v) is 2.27. The summed E-state index contributed by atoms with van der Waals surface area (Å²) in [5, 5.41) is 0. The molecule has 0 amide bonds. The van der Waals surface area contributed by atoms with E-state index in [9.17, 15) is 4.79 Å². The zero-order valence-electron chi connectivity index (χ0n) is 11.8. The highest BCUT2D eigenvalue weighted by Gasteiger charge is 2.04. The number of carbonyl (C=O) groups is 1. The van der Waals surface area contributed by atoms with Gasteiger partial charge in [0, 0.05) is 6.42 Å². The predicted octanol–water partition coefficient (Wildman–Crippen LogP) is 4.64. The number of carbonyl (C=O) groups excluding carboxylic acids is 1. The van der Waals surface area contributed by atoms with Crippen LogP contribution in [0.15, 0.2) is 12.2 Å². The van der Waals surface area contributed by atoms with E-state index in [-0.39, 0.29) is 5.97 Å². The molecule has 0 bridgehead atoms. The van der Waals surface area contributed by atoms with Gasteiger partial charge in [0.15, 0.2) is 0 Å². The largest absolute Gasteiger partial charge is 0.466 e. The lowest BCUT2D eigenvalue weighted by Crippen LogP contribution is -2.07. The van der Waals surface area contributed by atoms with Gasteiger partial charge in [-0.1, -0.05) is 51.2 Å². The number of cyclic esters (lactones) is 1. The van der Waals surface area contributed by atoms with Crippen LogP contribution in [0.4, 0.5) is 0 Å². The minimum Gasteiger partial charge on any atom is -0.466 e. The average molecular weight is 252 g/mol. The summed E-state index contributed by atoms with van der Waals surface area (Å²) in [6.45, 7) is 2.76. The van der Waals surface area contributed by atoms with E-state index in [0.29, 0.717) is 18.9 Å². The van der Waals surface area contributed by atoms with Crippen LogP contribution in [0.1, 0.15) is 71.1 Å². The summed E-state index contributed by atoms with van der Waals surface area (Å²) in [6.07, 6.45) is 16.1. The van der Waals surface area contributed by atoms with E-state index in [4.69, 9.17) is 4.74 Å². The third kappa shape index (κ3) is 8.32. The molecule has 0 aliphatic carbocycles. The molecule has 2 heteroatoms. The molecular formula is C16H28O2. The summed E-state index contributed by atoms with van der Waals surface area (Å²) >= 11 is 0. The van der Waals surface area contributed by atoms with Crippen LogP contribution in [-0.4, -0.2) is 12.6 Å². The normalized spacial score (nSPS) is 27.4. The van der Waals surface area contributed by atoms with E-state index < -0.39 is 0 Å². The molecule has 0 aromatic heterocycles. The average Bonchev–Trinajstić information content (AvgIpc) is 2.34. The summed E-state index contributed by atoms with van der Waals surface area (Å²) in [5.41, 5.74) is 0. The molecule has 18 heavy (non-hydrogen) atoms. The standard InChI is InChI=1S/C16H28O2/c1-15-11-9-7-5-3-2-4-6-8-10-12-16(17)18-14-13-15/h9,11,15H,2-8,10,12-14H2,1H3/b11-9-/t15-/m1/s1. The molecule has 1 rings (SSSR count). The Morgan fingerprint density at radius 3 is 2.50 bits per heavy atom. The Morgan fingerprint density at radius 2 is 1.72 bits per heavy atom. The summed E-state index contributed by atoms with van der Waals surface area (Å²) in [5.74, 6) is 0.504. The lowest BCUT2D eigenvalue weighted by atomic mass is 10.0. The monoisotopic (exact) mass is 252 g/mol. The van der Waals surface area contributed by atoms with Gasteiger partial charge in [-0.25, -0.2) is 0 Å². The number of allylic oxidation sites excluding steroid dienone is 2. The van der Waals surface area contributed by atoms with E-state index in [1.165, 1.54) is 44.9 Å². The van der Waals surface area contributed by atoms with Gasteiger partial charge in [-0.2, -0.15) is 0 Å². The van der Waals surface area contributed by atoms with Gasteiger partial charge in [0.25, 0.3) is 0 Å². The predicted molar refractivity (Wildman–Crippen MR) is 75.4 cm³/mol. The maximum atomic E-state index is 11.4. The maximum absolute atomic E-state index is 11.4. The quantitative estimate of drug-likeness (QED) is 0.464. The minimum atomic E-state index is -0.0155. The zero-order chi connectivity index (χ0) is 13.1. The van der Waals surface area contributed by atoms with E-state index >= 15 is 0 Å². The van der Waals surface area contributed by atoms with Crippen molar-refractivity contribution in [2.45, 2.75) is 71.1 Å². The van der Waals surface area contributed by atoms with Gasteiger partial charge in [-0.3, -0.25) is 4.79 Å². The molecule has 2 nitrogen and oxygen atoms in total. The van der Waals surface area contributed by atoms with Crippen molar-refractivity contribution in [1.29, 1.82) is 0 Å². The molecule has 0 N–H and O–H groups in total. The van der Waals surface area contributed by atoms with Gasteiger partial charge < -0.3 is 4.74 Å². The number of esters is 1. The van der Waals surface area contributed by atoms with Gasteiger partial charge in [0.05, 0.1) is 6.61 Å². The molecule has 1 atom stereocenters. The molecule has 0 unspecified atom stereocenters. The molecule has 0 saturated heterocycles. The SMILES string of the molecule is C[C@@H]1/C=C\CCCCCCCCCC(=O)OCC1. The van der Waals surface area contributed by atoms with Crippen LogP contribution in [0, 0.1) is 5.92 Å². The maximum Gasteiger partial charge on any atom is 0.305 e. The molecular weight excluding hydrogens is 224 g/mol. The molecule has 0 aromatic carbocycles. The van der Waals surface area contributed by atoms with Crippen molar-refractivity contribution in [3.05, 3.63) is 12.2 Å². The van der Waals surface area contributed by atoms with Crippen molar-refractivity contribution < 1.29 is 9.53 Å². The molecule has 1 heterocycles. The Hall–Kier alpha value is -0.790. The lowest BCUT2D eigenvalue weighted by molar-refractivity contribution is -0.144.